The average molecular weight is 194 g/mol. The van der Waals surface area contributed by atoms with E-state index in [9.17, 15) is 8.78 Å². The normalized spacial score (nSPS) is 10.5. The first-order valence-electron chi connectivity index (χ1n) is 4.12. The van der Waals surface area contributed by atoms with Crippen molar-refractivity contribution in [3.63, 3.8) is 0 Å². The van der Waals surface area contributed by atoms with Crippen LogP contribution in [0.2, 0.25) is 0 Å². The molecule has 0 aliphatic heterocycles. The van der Waals surface area contributed by atoms with Crippen LogP contribution in [-0.2, 0) is 7.05 Å². The molecular formula is C10H8F2N2. The lowest BCUT2D eigenvalue weighted by Gasteiger charge is -2.03. The Bertz CT molecular complexity index is 463. The first-order valence-corrected chi connectivity index (χ1v) is 4.12. The third kappa shape index (κ3) is 1.39. The smallest absolute Gasteiger partial charge is 0.132 e. The second-order valence-electron chi connectivity index (χ2n) is 2.96. The summed E-state index contributed by atoms with van der Waals surface area (Å²) in [6.45, 7) is 0. The highest BCUT2D eigenvalue weighted by Crippen LogP contribution is 2.22. The summed E-state index contributed by atoms with van der Waals surface area (Å²) in [6.07, 6.45) is 1.54. The van der Waals surface area contributed by atoms with Crippen LogP contribution >= 0.6 is 0 Å². The fraction of sp³-hybridized carbons (Fsp3) is 0.100. The Morgan fingerprint density at radius 2 is 2.00 bits per heavy atom. The molecule has 0 unspecified atom stereocenters. The second kappa shape index (κ2) is 3.21. The number of hydrogen-bond donors (Lipinski definition) is 0. The predicted octanol–water partition coefficient (Wildman–Crippen LogP) is 2.37. The first kappa shape index (κ1) is 8.87. The van der Waals surface area contributed by atoms with Crippen molar-refractivity contribution in [2.24, 2.45) is 7.05 Å². The largest absolute Gasteiger partial charge is 0.268 e. The number of hydrogen-bond acceptors (Lipinski definition) is 1. The van der Waals surface area contributed by atoms with Gasteiger partial charge in [-0.25, -0.2) is 8.78 Å². The molecule has 0 fully saturated rings. The highest BCUT2D eigenvalue weighted by atomic mass is 19.1. The van der Waals surface area contributed by atoms with Gasteiger partial charge in [0, 0.05) is 18.8 Å². The van der Waals surface area contributed by atoms with Gasteiger partial charge < -0.3 is 0 Å². The molecule has 0 aliphatic rings. The molecule has 1 heterocycles. The maximum absolute atomic E-state index is 13.3. The van der Waals surface area contributed by atoms with Gasteiger partial charge in [-0.15, -0.1) is 0 Å². The fourth-order valence-corrected chi connectivity index (χ4v) is 1.33. The van der Waals surface area contributed by atoms with Gasteiger partial charge in [0.05, 0.1) is 5.69 Å². The van der Waals surface area contributed by atoms with Gasteiger partial charge in [-0.2, -0.15) is 5.10 Å². The monoisotopic (exact) mass is 194 g/mol. The van der Waals surface area contributed by atoms with Crippen molar-refractivity contribution in [2.75, 3.05) is 0 Å². The van der Waals surface area contributed by atoms with Crippen LogP contribution < -0.4 is 0 Å². The molecular weight excluding hydrogens is 186 g/mol. The molecule has 1 aromatic carbocycles. The predicted molar refractivity (Wildman–Crippen MR) is 48.6 cm³/mol. The molecule has 0 atom stereocenters. The molecule has 2 nitrogen and oxygen atoms in total. The molecule has 0 aliphatic carbocycles. The third-order valence-electron chi connectivity index (χ3n) is 2.03. The van der Waals surface area contributed by atoms with E-state index in [0.717, 1.165) is 18.2 Å². The van der Waals surface area contributed by atoms with Crippen molar-refractivity contribution in [1.82, 2.24) is 9.78 Å². The van der Waals surface area contributed by atoms with Crippen LogP contribution in [0.5, 0.6) is 0 Å². The Hall–Kier alpha value is -1.71. The molecule has 4 heteroatoms. The van der Waals surface area contributed by atoms with Gasteiger partial charge in [-0.3, -0.25) is 4.68 Å². The zero-order chi connectivity index (χ0) is 10.1. The quantitative estimate of drug-likeness (QED) is 0.681. The van der Waals surface area contributed by atoms with Crippen LogP contribution in [-0.4, -0.2) is 9.78 Å². The first-order chi connectivity index (χ1) is 6.68. The van der Waals surface area contributed by atoms with E-state index in [1.165, 1.54) is 4.68 Å². The minimum atomic E-state index is -0.456. The van der Waals surface area contributed by atoms with Crippen LogP contribution in [0.4, 0.5) is 8.78 Å². The molecule has 0 amide bonds. The maximum Gasteiger partial charge on any atom is 0.132 e. The third-order valence-corrected chi connectivity index (χ3v) is 2.03. The van der Waals surface area contributed by atoms with Gasteiger partial charge in [0.15, 0.2) is 0 Å². The lowest BCUT2D eigenvalue weighted by Crippen LogP contribution is -1.95. The van der Waals surface area contributed by atoms with Gasteiger partial charge in [0.2, 0.25) is 0 Å². The summed E-state index contributed by atoms with van der Waals surface area (Å²) in [5, 5.41) is 3.89. The van der Waals surface area contributed by atoms with Crippen LogP contribution in [0.3, 0.4) is 0 Å². The van der Waals surface area contributed by atoms with Gasteiger partial charge in [-0.05, 0) is 24.3 Å². The van der Waals surface area contributed by atoms with Crippen LogP contribution in [0, 0.1) is 11.6 Å². The van der Waals surface area contributed by atoms with Crippen LogP contribution in [0.15, 0.2) is 30.5 Å². The van der Waals surface area contributed by atoms with E-state index < -0.39 is 11.6 Å². The van der Waals surface area contributed by atoms with Gasteiger partial charge >= 0.3 is 0 Å². The topological polar surface area (TPSA) is 17.8 Å². The SMILES string of the molecule is Cn1nccc1-c1cc(F)ccc1F. The van der Waals surface area contributed by atoms with E-state index in [0.29, 0.717) is 5.69 Å². The average Bonchev–Trinajstić information content (AvgIpc) is 2.56. The summed E-state index contributed by atoms with van der Waals surface area (Å²) >= 11 is 0. The molecule has 2 rings (SSSR count). The Morgan fingerprint density at radius 1 is 1.21 bits per heavy atom. The van der Waals surface area contributed by atoms with Crippen molar-refractivity contribution in [1.29, 1.82) is 0 Å². The zero-order valence-electron chi connectivity index (χ0n) is 7.54. The van der Waals surface area contributed by atoms with Gasteiger partial charge in [0.1, 0.15) is 11.6 Å². The Kier molecular flexibility index (Phi) is 2.04. The summed E-state index contributed by atoms with van der Waals surface area (Å²) in [7, 11) is 1.68. The Balaban J connectivity index is 2.62. The number of aromatic nitrogens is 2. The molecule has 14 heavy (non-hydrogen) atoms. The van der Waals surface area contributed by atoms with Crippen molar-refractivity contribution in [3.05, 3.63) is 42.1 Å². The zero-order valence-corrected chi connectivity index (χ0v) is 7.54. The number of aryl methyl sites for hydroxylation is 1. The molecule has 72 valence electrons. The molecule has 0 saturated heterocycles. The number of halogens is 2. The lowest BCUT2D eigenvalue weighted by molar-refractivity contribution is 0.601. The molecule has 1 aromatic heterocycles. The highest BCUT2D eigenvalue weighted by molar-refractivity contribution is 5.59. The molecule has 0 N–H and O–H groups in total. The van der Waals surface area contributed by atoms with Gasteiger partial charge in [-0.1, -0.05) is 0 Å². The summed E-state index contributed by atoms with van der Waals surface area (Å²) < 4.78 is 27.7. The Morgan fingerprint density at radius 3 is 2.64 bits per heavy atom. The van der Waals surface area contributed by atoms with E-state index in [2.05, 4.69) is 5.10 Å². The van der Waals surface area contributed by atoms with E-state index in [4.69, 9.17) is 0 Å². The van der Waals surface area contributed by atoms with Crippen LogP contribution in [0.25, 0.3) is 11.3 Å². The molecule has 0 bridgehead atoms. The van der Waals surface area contributed by atoms with Crippen LogP contribution in [0.1, 0.15) is 0 Å². The van der Waals surface area contributed by atoms with E-state index >= 15 is 0 Å². The van der Waals surface area contributed by atoms with E-state index in [1.807, 2.05) is 0 Å². The summed E-state index contributed by atoms with van der Waals surface area (Å²) in [5.41, 5.74) is 0.784. The van der Waals surface area contributed by atoms with Crippen molar-refractivity contribution >= 4 is 0 Å². The number of nitrogens with zero attached hydrogens (tertiary/aromatic N) is 2. The number of benzene rings is 1. The van der Waals surface area contributed by atoms with Crippen molar-refractivity contribution in [2.45, 2.75) is 0 Å². The highest BCUT2D eigenvalue weighted by Gasteiger charge is 2.09. The Labute approximate surface area is 79.8 Å². The summed E-state index contributed by atoms with van der Waals surface area (Å²) in [6, 6.07) is 5.00. The number of rotatable bonds is 1. The minimum Gasteiger partial charge on any atom is -0.268 e. The second-order valence-corrected chi connectivity index (χ2v) is 2.96. The fourth-order valence-electron chi connectivity index (χ4n) is 1.33. The summed E-state index contributed by atoms with van der Waals surface area (Å²) in [4.78, 5) is 0. The maximum atomic E-state index is 13.3. The van der Waals surface area contributed by atoms with Crippen molar-refractivity contribution < 1.29 is 8.78 Å². The summed E-state index contributed by atoms with van der Waals surface area (Å²) in [5.74, 6) is -0.905. The minimum absolute atomic E-state index is 0.227. The molecule has 2 aromatic rings. The molecule has 0 spiro atoms. The molecule has 0 radical (unpaired) electrons. The van der Waals surface area contributed by atoms with E-state index in [-0.39, 0.29) is 5.56 Å². The van der Waals surface area contributed by atoms with E-state index in [1.54, 1.807) is 19.3 Å². The lowest BCUT2D eigenvalue weighted by atomic mass is 10.1. The van der Waals surface area contributed by atoms with Gasteiger partial charge in [0.25, 0.3) is 0 Å². The molecule has 0 saturated carbocycles. The van der Waals surface area contributed by atoms with Crippen molar-refractivity contribution in [3.8, 4) is 11.3 Å². The standard InChI is InChI=1S/C10H8F2N2/c1-14-10(4-5-13-14)8-6-7(11)2-3-9(8)12/h2-6H,1H3.